The van der Waals surface area contributed by atoms with Gasteiger partial charge in [-0.2, -0.15) is 0 Å². The fourth-order valence-electron chi connectivity index (χ4n) is 1.74. The molecule has 1 aromatic carbocycles. The molecule has 1 nitrogen and oxygen atoms in total. The van der Waals surface area contributed by atoms with E-state index in [9.17, 15) is 0 Å². The Balaban J connectivity index is 2.07. The van der Waals surface area contributed by atoms with Crippen molar-refractivity contribution in [2.75, 3.05) is 20.1 Å². The van der Waals surface area contributed by atoms with Crippen molar-refractivity contribution in [3.8, 4) is 0 Å². The van der Waals surface area contributed by atoms with Crippen molar-refractivity contribution in [2.24, 2.45) is 0 Å². The SMILES string of the molecule is CN1CC=C(/C=C/c2ccccc2Cl)CC1. The lowest BCUT2D eigenvalue weighted by atomic mass is 10.1. The van der Waals surface area contributed by atoms with E-state index in [2.05, 4.69) is 30.2 Å². The van der Waals surface area contributed by atoms with Crippen molar-refractivity contribution < 1.29 is 0 Å². The molecule has 0 unspecified atom stereocenters. The van der Waals surface area contributed by atoms with Gasteiger partial charge in [0.2, 0.25) is 0 Å². The highest BCUT2D eigenvalue weighted by molar-refractivity contribution is 6.32. The molecule has 0 saturated carbocycles. The predicted molar refractivity (Wildman–Crippen MR) is 70.7 cm³/mol. The third kappa shape index (κ3) is 2.97. The van der Waals surface area contributed by atoms with Crippen molar-refractivity contribution in [3.63, 3.8) is 0 Å². The second kappa shape index (κ2) is 5.33. The van der Waals surface area contributed by atoms with Crippen LogP contribution in [0.3, 0.4) is 0 Å². The van der Waals surface area contributed by atoms with E-state index in [1.165, 1.54) is 5.57 Å². The second-order valence-electron chi connectivity index (χ2n) is 4.15. The molecular weight excluding hydrogens is 218 g/mol. The zero-order valence-electron chi connectivity index (χ0n) is 9.49. The zero-order valence-corrected chi connectivity index (χ0v) is 10.2. The molecule has 1 heterocycles. The fraction of sp³-hybridized carbons (Fsp3) is 0.286. The van der Waals surface area contributed by atoms with E-state index in [4.69, 9.17) is 11.6 Å². The van der Waals surface area contributed by atoms with Gasteiger partial charge in [0.25, 0.3) is 0 Å². The average molecular weight is 234 g/mol. The van der Waals surface area contributed by atoms with Crippen molar-refractivity contribution in [1.82, 2.24) is 4.90 Å². The highest BCUT2D eigenvalue weighted by atomic mass is 35.5. The number of hydrogen-bond acceptors (Lipinski definition) is 1. The van der Waals surface area contributed by atoms with Gasteiger partial charge in [0.1, 0.15) is 0 Å². The second-order valence-corrected chi connectivity index (χ2v) is 4.55. The molecule has 0 bridgehead atoms. The van der Waals surface area contributed by atoms with Gasteiger partial charge in [-0.3, -0.25) is 0 Å². The van der Waals surface area contributed by atoms with Crippen LogP contribution < -0.4 is 0 Å². The van der Waals surface area contributed by atoms with Gasteiger partial charge in [-0.25, -0.2) is 0 Å². The van der Waals surface area contributed by atoms with E-state index >= 15 is 0 Å². The molecule has 0 aliphatic carbocycles. The van der Waals surface area contributed by atoms with Gasteiger partial charge in [0.05, 0.1) is 0 Å². The van der Waals surface area contributed by atoms with Gasteiger partial charge in [0, 0.05) is 18.1 Å². The van der Waals surface area contributed by atoms with Gasteiger partial charge in [-0.15, -0.1) is 0 Å². The summed E-state index contributed by atoms with van der Waals surface area (Å²) in [5, 5.41) is 0.812. The first kappa shape index (κ1) is 11.4. The molecule has 0 amide bonds. The van der Waals surface area contributed by atoms with Crippen LogP contribution in [0.1, 0.15) is 12.0 Å². The molecule has 0 aromatic heterocycles. The van der Waals surface area contributed by atoms with Crippen LogP contribution >= 0.6 is 11.6 Å². The van der Waals surface area contributed by atoms with Crippen LogP contribution in [0.2, 0.25) is 5.02 Å². The van der Waals surface area contributed by atoms with E-state index in [1.807, 2.05) is 24.3 Å². The molecule has 0 spiro atoms. The number of likely N-dealkylation sites (N-methyl/N-ethyl adjacent to an activating group) is 1. The molecule has 1 aliphatic heterocycles. The first-order valence-corrected chi connectivity index (χ1v) is 5.94. The van der Waals surface area contributed by atoms with Crippen molar-refractivity contribution in [3.05, 3.63) is 52.6 Å². The molecule has 0 saturated heterocycles. The van der Waals surface area contributed by atoms with Crippen LogP contribution in [0.4, 0.5) is 0 Å². The molecule has 16 heavy (non-hydrogen) atoms. The highest BCUT2D eigenvalue weighted by Gasteiger charge is 2.04. The Labute approximate surface area is 102 Å². The monoisotopic (exact) mass is 233 g/mol. The first-order chi connectivity index (χ1) is 7.75. The van der Waals surface area contributed by atoms with Crippen LogP contribution in [0.5, 0.6) is 0 Å². The summed E-state index contributed by atoms with van der Waals surface area (Å²) in [5.41, 5.74) is 2.49. The van der Waals surface area contributed by atoms with Gasteiger partial charge in [-0.05, 0) is 30.7 Å². The maximum atomic E-state index is 6.09. The third-order valence-corrected chi connectivity index (χ3v) is 3.17. The van der Waals surface area contributed by atoms with E-state index in [0.29, 0.717) is 0 Å². The summed E-state index contributed by atoms with van der Waals surface area (Å²) in [5.74, 6) is 0. The maximum absolute atomic E-state index is 6.09. The average Bonchev–Trinajstić information content (AvgIpc) is 2.30. The minimum absolute atomic E-state index is 0.812. The first-order valence-electron chi connectivity index (χ1n) is 5.56. The number of halogens is 1. The number of nitrogens with zero attached hydrogens (tertiary/aromatic N) is 1. The van der Waals surface area contributed by atoms with Crippen LogP contribution in [0.25, 0.3) is 6.08 Å². The Morgan fingerprint density at radius 1 is 1.25 bits per heavy atom. The van der Waals surface area contributed by atoms with Crippen molar-refractivity contribution in [1.29, 1.82) is 0 Å². The summed E-state index contributed by atoms with van der Waals surface area (Å²) in [4.78, 5) is 2.31. The molecule has 84 valence electrons. The van der Waals surface area contributed by atoms with Gasteiger partial charge < -0.3 is 4.90 Å². The quantitative estimate of drug-likeness (QED) is 0.754. The van der Waals surface area contributed by atoms with E-state index in [0.717, 1.165) is 30.1 Å². The van der Waals surface area contributed by atoms with Crippen LogP contribution in [0.15, 0.2) is 42.0 Å². The normalized spacial score (nSPS) is 17.8. The largest absolute Gasteiger partial charge is 0.302 e. The van der Waals surface area contributed by atoms with Gasteiger partial charge in [0.15, 0.2) is 0 Å². The Morgan fingerprint density at radius 3 is 2.75 bits per heavy atom. The summed E-state index contributed by atoms with van der Waals surface area (Å²) in [6.45, 7) is 2.18. The van der Waals surface area contributed by atoms with E-state index in [-0.39, 0.29) is 0 Å². The number of allylic oxidation sites excluding steroid dienone is 1. The molecule has 2 rings (SSSR count). The summed E-state index contributed by atoms with van der Waals surface area (Å²) < 4.78 is 0. The summed E-state index contributed by atoms with van der Waals surface area (Å²) in [7, 11) is 2.14. The van der Waals surface area contributed by atoms with E-state index < -0.39 is 0 Å². The minimum Gasteiger partial charge on any atom is -0.302 e. The van der Waals surface area contributed by atoms with Crippen LogP contribution in [-0.2, 0) is 0 Å². The lowest BCUT2D eigenvalue weighted by Crippen LogP contribution is -2.23. The molecular formula is C14H16ClN. The predicted octanol–water partition coefficient (Wildman–Crippen LogP) is 3.62. The number of hydrogen-bond donors (Lipinski definition) is 0. The molecule has 0 radical (unpaired) electrons. The lowest BCUT2D eigenvalue weighted by molar-refractivity contribution is 0.361. The smallest absolute Gasteiger partial charge is 0.0478 e. The van der Waals surface area contributed by atoms with Gasteiger partial charge in [-0.1, -0.05) is 48.0 Å². The maximum Gasteiger partial charge on any atom is 0.0478 e. The molecule has 0 N–H and O–H groups in total. The van der Waals surface area contributed by atoms with Crippen molar-refractivity contribution >= 4 is 17.7 Å². The molecule has 0 atom stereocenters. The Hall–Kier alpha value is -1.05. The Morgan fingerprint density at radius 2 is 2.06 bits per heavy atom. The Bertz CT molecular complexity index is 420. The summed E-state index contributed by atoms with van der Waals surface area (Å²) in [6.07, 6.45) is 7.67. The van der Waals surface area contributed by atoms with Crippen LogP contribution in [0, 0.1) is 0 Å². The van der Waals surface area contributed by atoms with Gasteiger partial charge >= 0.3 is 0 Å². The van der Waals surface area contributed by atoms with Crippen molar-refractivity contribution in [2.45, 2.75) is 6.42 Å². The summed E-state index contributed by atoms with van der Waals surface area (Å²) in [6, 6.07) is 7.92. The molecule has 1 aromatic rings. The lowest BCUT2D eigenvalue weighted by Gasteiger charge is -2.20. The highest BCUT2D eigenvalue weighted by Crippen LogP contribution is 2.18. The number of benzene rings is 1. The minimum atomic E-state index is 0.812. The summed E-state index contributed by atoms with van der Waals surface area (Å²) >= 11 is 6.09. The van der Waals surface area contributed by atoms with Crippen LogP contribution in [-0.4, -0.2) is 25.0 Å². The molecule has 0 fully saturated rings. The standard InChI is InChI=1S/C14H16ClN/c1-16-10-8-12(9-11-16)6-7-13-4-2-3-5-14(13)15/h2-8H,9-11H2,1H3/b7-6+. The zero-order chi connectivity index (χ0) is 11.4. The third-order valence-electron chi connectivity index (χ3n) is 2.83. The fourth-order valence-corrected chi connectivity index (χ4v) is 1.94. The Kier molecular flexibility index (Phi) is 3.81. The molecule has 2 heteroatoms. The number of rotatable bonds is 2. The topological polar surface area (TPSA) is 3.24 Å². The van der Waals surface area contributed by atoms with E-state index in [1.54, 1.807) is 0 Å². The molecule has 1 aliphatic rings.